The summed E-state index contributed by atoms with van der Waals surface area (Å²) in [5.74, 6) is -0.456. The smallest absolute Gasteiger partial charge is 0.225 e. The molecule has 0 spiro atoms. The summed E-state index contributed by atoms with van der Waals surface area (Å²) < 4.78 is 1.77. The molecule has 4 rings (SSSR count). The molecule has 28 heavy (non-hydrogen) atoms. The van der Waals surface area contributed by atoms with E-state index in [1.165, 1.54) is 0 Å². The predicted octanol–water partition coefficient (Wildman–Crippen LogP) is 1.93. The van der Waals surface area contributed by atoms with Crippen molar-refractivity contribution in [2.24, 2.45) is 5.92 Å². The number of aromatic nitrogens is 3. The first-order chi connectivity index (χ1) is 13.7. The van der Waals surface area contributed by atoms with Crippen LogP contribution in [0.15, 0.2) is 67.1 Å². The molecule has 1 aromatic carbocycles. The molecule has 0 aliphatic carbocycles. The largest absolute Gasteiger partial charge is 0.352 e. The summed E-state index contributed by atoms with van der Waals surface area (Å²) in [6.07, 6.45) is 5.53. The lowest BCUT2D eigenvalue weighted by Gasteiger charge is -2.16. The van der Waals surface area contributed by atoms with Gasteiger partial charge in [0.2, 0.25) is 11.8 Å². The van der Waals surface area contributed by atoms with Crippen LogP contribution in [0.3, 0.4) is 0 Å². The molecule has 1 fully saturated rings. The van der Waals surface area contributed by atoms with E-state index in [0.29, 0.717) is 19.6 Å². The molecule has 1 saturated heterocycles. The lowest BCUT2D eigenvalue weighted by atomic mass is 10.1. The molecule has 3 heterocycles. The first kappa shape index (κ1) is 17.9. The van der Waals surface area contributed by atoms with Crippen molar-refractivity contribution in [1.82, 2.24) is 25.0 Å². The molecule has 1 N–H and O–H groups in total. The Kier molecular flexibility index (Phi) is 5.14. The van der Waals surface area contributed by atoms with E-state index in [1.807, 2.05) is 54.7 Å². The fourth-order valence-corrected chi connectivity index (χ4v) is 3.41. The van der Waals surface area contributed by atoms with E-state index < -0.39 is 0 Å². The summed E-state index contributed by atoms with van der Waals surface area (Å²) in [5.41, 5.74) is 2.71. The van der Waals surface area contributed by atoms with Gasteiger partial charge < -0.3 is 10.2 Å². The van der Waals surface area contributed by atoms with Crippen molar-refractivity contribution < 1.29 is 9.59 Å². The second kappa shape index (κ2) is 8.04. The van der Waals surface area contributed by atoms with E-state index in [9.17, 15) is 9.59 Å². The van der Waals surface area contributed by atoms with Gasteiger partial charge >= 0.3 is 0 Å². The summed E-state index contributed by atoms with van der Waals surface area (Å²) in [4.78, 5) is 30.9. The Balaban J connectivity index is 1.37. The molecule has 0 radical (unpaired) electrons. The van der Waals surface area contributed by atoms with Crippen molar-refractivity contribution in [2.75, 3.05) is 6.54 Å². The average molecular weight is 375 g/mol. The number of carbonyl (C=O) groups excluding carboxylic acids is 2. The van der Waals surface area contributed by atoms with Crippen molar-refractivity contribution in [3.63, 3.8) is 0 Å². The zero-order chi connectivity index (χ0) is 19.3. The molecule has 3 aromatic rings. The summed E-state index contributed by atoms with van der Waals surface area (Å²) in [5, 5.41) is 7.23. The van der Waals surface area contributed by atoms with Gasteiger partial charge in [0, 0.05) is 38.1 Å². The summed E-state index contributed by atoms with van der Waals surface area (Å²) >= 11 is 0. The van der Waals surface area contributed by atoms with Gasteiger partial charge in [-0.15, -0.1) is 0 Å². The number of amides is 2. The Morgan fingerprint density at radius 1 is 1.11 bits per heavy atom. The Morgan fingerprint density at radius 2 is 1.96 bits per heavy atom. The second-order valence-electron chi connectivity index (χ2n) is 6.79. The quantitative estimate of drug-likeness (QED) is 0.714. The third kappa shape index (κ3) is 3.93. The van der Waals surface area contributed by atoms with E-state index in [-0.39, 0.29) is 24.2 Å². The second-order valence-corrected chi connectivity index (χ2v) is 6.79. The molecule has 0 saturated carbocycles. The first-order valence-corrected chi connectivity index (χ1v) is 9.24. The lowest BCUT2D eigenvalue weighted by Crippen LogP contribution is -2.32. The minimum atomic E-state index is -0.340. The van der Waals surface area contributed by atoms with Crippen molar-refractivity contribution in [3.8, 4) is 5.69 Å². The number of hydrogen-bond donors (Lipinski definition) is 1. The number of benzene rings is 1. The van der Waals surface area contributed by atoms with Crippen LogP contribution in [0.1, 0.15) is 17.7 Å². The molecule has 1 atom stereocenters. The summed E-state index contributed by atoms with van der Waals surface area (Å²) in [7, 11) is 0. The Labute approximate surface area is 163 Å². The van der Waals surface area contributed by atoms with Crippen LogP contribution in [0.5, 0.6) is 0 Å². The Morgan fingerprint density at radius 3 is 2.75 bits per heavy atom. The number of pyridine rings is 1. The highest BCUT2D eigenvalue weighted by Crippen LogP contribution is 2.20. The number of nitrogens with zero attached hydrogens (tertiary/aromatic N) is 4. The van der Waals surface area contributed by atoms with E-state index in [0.717, 1.165) is 16.9 Å². The van der Waals surface area contributed by atoms with Gasteiger partial charge in [0.15, 0.2) is 0 Å². The number of carbonyl (C=O) groups is 2. The molecule has 0 bridgehead atoms. The van der Waals surface area contributed by atoms with Gasteiger partial charge in [0.1, 0.15) is 0 Å². The van der Waals surface area contributed by atoms with Gasteiger partial charge in [-0.25, -0.2) is 4.68 Å². The van der Waals surface area contributed by atoms with E-state index >= 15 is 0 Å². The van der Waals surface area contributed by atoms with Crippen molar-refractivity contribution in [3.05, 3.63) is 78.4 Å². The van der Waals surface area contributed by atoms with Crippen LogP contribution in [-0.4, -0.2) is 38.0 Å². The van der Waals surface area contributed by atoms with Crippen LogP contribution >= 0.6 is 0 Å². The predicted molar refractivity (Wildman–Crippen MR) is 103 cm³/mol. The van der Waals surface area contributed by atoms with Gasteiger partial charge in [-0.1, -0.05) is 24.3 Å². The van der Waals surface area contributed by atoms with Crippen molar-refractivity contribution in [1.29, 1.82) is 0 Å². The number of para-hydroxylation sites is 1. The number of nitrogens with one attached hydrogen (secondary N) is 1. The van der Waals surface area contributed by atoms with Crippen LogP contribution < -0.4 is 5.32 Å². The fraction of sp³-hybridized carbons (Fsp3) is 0.238. The minimum Gasteiger partial charge on any atom is -0.352 e. The molecular weight excluding hydrogens is 354 g/mol. The molecule has 7 heteroatoms. The molecule has 2 aromatic heterocycles. The normalized spacial score (nSPS) is 16.4. The maximum absolute atomic E-state index is 12.6. The third-order valence-electron chi connectivity index (χ3n) is 4.86. The maximum Gasteiger partial charge on any atom is 0.225 e. The number of likely N-dealkylation sites (tertiary alicyclic amines) is 1. The standard InChI is InChI=1S/C21H21N5O2/c27-20-12-17(14-25(20)15-18-7-3-4-9-22-18)21(28)23-13-16-6-1-2-8-19(16)26-11-5-10-24-26/h1-11,17H,12-15H2,(H,23,28)/t17-/m1/s1. The molecule has 0 unspecified atom stereocenters. The highest BCUT2D eigenvalue weighted by Gasteiger charge is 2.34. The topological polar surface area (TPSA) is 80.1 Å². The highest BCUT2D eigenvalue weighted by atomic mass is 16.2. The van der Waals surface area contributed by atoms with Crippen molar-refractivity contribution in [2.45, 2.75) is 19.5 Å². The summed E-state index contributed by atoms with van der Waals surface area (Å²) in [6.45, 7) is 1.24. The molecular formula is C21H21N5O2. The van der Waals surface area contributed by atoms with Crippen LogP contribution in [0, 0.1) is 5.92 Å². The molecule has 142 valence electrons. The monoisotopic (exact) mass is 375 g/mol. The Hall–Kier alpha value is -3.48. The third-order valence-corrected chi connectivity index (χ3v) is 4.86. The minimum absolute atomic E-state index is 0.0113. The molecule has 7 nitrogen and oxygen atoms in total. The van der Waals surface area contributed by atoms with E-state index in [4.69, 9.17) is 0 Å². The number of rotatable bonds is 6. The average Bonchev–Trinajstić information content (AvgIpc) is 3.38. The van der Waals surface area contributed by atoms with Crippen LogP contribution in [-0.2, 0) is 22.7 Å². The van der Waals surface area contributed by atoms with Gasteiger partial charge in [-0.2, -0.15) is 5.10 Å². The van der Waals surface area contributed by atoms with Crippen LogP contribution in [0.25, 0.3) is 5.69 Å². The van der Waals surface area contributed by atoms with Gasteiger partial charge in [0.05, 0.1) is 23.8 Å². The van der Waals surface area contributed by atoms with Gasteiger partial charge in [-0.3, -0.25) is 14.6 Å². The van der Waals surface area contributed by atoms with Gasteiger partial charge in [-0.05, 0) is 29.8 Å². The number of hydrogen-bond acceptors (Lipinski definition) is 4. The van der Waals surface area contributed by atoms with Crippen molar-refractivity contribution >= 4 is 11.8 Å². The highest BCUT2D eigenvalue weighted by molar-refractivity contribution is 5.89. The first-order valence-electron chi connectivity index (χ1n) is 9.24. The van der Waals surface area contributed by atoms with E-state index in [2.05, 4.69) is 15.4 Å². The molecule has 1 aliphatic heterocycles. The summed E-state index contributed by atoms with van der Waals surface area (Å²) in [6, 6.07) is 15.3. The molecule has 2 amide bonds. The fourth-order valence-electron chi connectivity index (χ4n) is 3.41. The SMILES string of the molecule is O=C(NCc1ccccc1-n1cccn1)[C@@H]1CC(=O)N(Cc2ccccn2)C1. The Bertz CT molecular complexity index is 956. The zero-order valence-electron chi connectivity index (χ0n) is 15.4. The lowest BCUT2D eigenvalue weighted by molar-refractivity contribution is -0.129. The van der Waals surface area contributed by atoms with Gasteiger partial charge in [0.25, 0.3) is 0 Å². The zero-order valence-corrected chi connectivity index (χ0v) is 15.4. The molecule has 1 aliphatic rings. The maximum atomic E-state index is 12.6. The van der Waals surface area contributed by atoms with Crippen LogP contribution in [0.4, 0.5) is 0 Å². The van der Waals surface area contributed by atoms with E-state index in [1.54, 1.807) is 22.0 Å². The van der Waals surface area contributed by atoms with Crippen LogP contribution in [0.2, 0.25) is 0 Å².